The zero-order valence-electron chi connectivity index (χ0n) is 8.12. The van der Waals surface area contributed by atoms with Crippen molar-refractivity contribution in [3.63, 3.8) is 0 Å². The summed E-state index contributed by atoms with van der Waals surface area (Å²) in [5.74, 6) is 0.593. The van der Waals surface area contributed by atoms with Crippen molar-refractivity contribution >= 4 is 17.7 Å². The van der Waals surface area contributed by atoms with Gasteiger partial charge in [-0.25, -0.2) is 4.79 Å². The predicted octanol–water partition coefficient (Wildman–Crippen LogP) is 2.13. The van der Waals surface area contributed by atoms with Gasteiger partial charge in [-0.15, -0.1) is 0 Å². The molecule has 4 nitrogen and oxygen atoms in total. The number of cyclic esters (lactones) is 1. The molecule has 0 radical (unpaired) electrons. The fourth-order valence-electron chi connectivity index (χ4n) is 1.46. The third-order valence-electron chi connectivity index (χ3n) is 2.25. The van der Waals surface area contributed by atoms with Crippen LogP contribution >= 0.6 is 11.6 Å². The van der Waals surface area contributed by atoms with Crippen LogP contribution < -0.4 is 10.1 Å². The van der Waals surface area contributed by atoms with E-state index in [0.29, 0.717) is 17.4 Å². The summed E-state index contributed by atoms with van der Waals surface area (Å²) in [6.45, 7) is 0.337. The lowest BCUT2D eigenvalue weighted by molar-refractivity contribution is 0.177. The third kappa shape index (κ3) is 1.99. The molecule has 0 unspecified atom stereocenters. The molecule has 0 bridgehead atoms. The van der Waals surface area contributed by atoms with Crippen molar-refractivity contribution in [1.29, 1.82) is 0 Å². The standard InChI is InChI=1S/C10H10ClNO3/c1-14-9-4-6(2-3-7(9)11)8-5-15-10(13)12-8/h2-4,8H,5H2,1H3,(H,12,13)/t8-/m0/s1. The fourth-order valence-corrected chi connectivity index (χ4v) is 1.65. The highest BCUT2D eigenvalue weighted by molar-refractivity contribution is 6.32. The molecule has 0 aliphatic carbocycles. The molecule has 1 saturated heterocycles. The van der Waals surface area contributed by atoms with Crippen LogP contribution in [-0.4, -0.2) is 19.8 Å². The SMILES string of the molecule is COc1cc([C@@H]2COC(=O)N2)ccc1Cl. The van der Waals surface area contributed by atoms with E-state index in [1.165, 1.54) is 0 Å². The normalized spacial score (nSPS) is 19.6. The molecule has 0 saturated carbocycles. The number of hydrogen-bond acceptors (Lipinski definition) is 3. The topological polar surface area (TPSA) is 47.6 Å². The number of carbonyl (C=O) groups excluding carboxylic acids is 1. The number of benzene rings is 1. The number of carbonyl (C=O) groups is 1. The van der Waals surface area contributed by atoms with Gasteiger partial charge in [-0.3, -0.25) is 0 Å². The van der Waals surface area contributed by atoms with E-state index in [-0.39, 0.29) is 6.04 Å². The Morgan fingerprint density at radius 1 is 1.60 bits per heavy atom. The fraction of sp³-hybridized carbons (Fsp3) is 0.300. The summed E-state index contributed by atoms with van der Waals surface area (Å²) in [4.78, 5) is 10.9. The molecule has 5 heteroatoms. The lowest BCUT2D eigenvalue weighted by Gasteiger charge is -2.10. The Morgan fingerprint density at radius 3 is 3.00 bits per heavy atom. The predicted molar refractivity (Wildman–Crippen MR) is 55.2 cm³/mol. The quantitative estimate of drug-likeness (QED) is 0.842. The van der Waals surface area contributed by atoms with E-state index >= 15 is 0 Å². The monoisotopic (exact) mass is 227 g/mol. The van der Waals surface area contributed by atoms with Crippen LogP contribution in [0, 0.1) is 0 Å². The number of ether oxygens (including phenoxy) is 2. The largest absolute Gasteiger partial charge is 0.495 e. The molecule has 1 N–H and O–H groups in total. The van der Waals surface area contributed by atoms with Gasteiger partial charge >= 0.3 is 6.09 Å². The second-order valence-electron chi connectivity index (χ2n) is 3.19. The highest BCUT2D eigenvalue weighted by Gasteiger charge is 2.24. The first-order valence-electron chi connectivity index (χ1n) is 4.47. The number of halogens is 1. The maximum Gasteiger partial charge on any atom is 0.407 e. The van der Waals surface area contributed by atoms with Gasteiger partial charge in [0.1, 0.15) is 12.4 Å². The number of methoxy groups -OCH3 is 1. The molecule has 2 rings (SSSR count). The number of amides is 1. The summed E-state index contributed by atoms with van der Waals surface area (Å²) >= 11 is 5.89. The van der Waals surface area contributed by atoms with E-state index in [9.17, 15) is 4.79 Å². The maximum atomic E-state index is 10.9. The van der Waals surface area contributed by atoms with Crippen molar-refractivity contribution in [2.75, 3.05) is 13.7 Å². The molecular weight excluding hydrogens is 218 g/mol. The minimum absolute atomic E-state index is 0.122. The van der Waals surface area contributed by atoms with Gasteiger partial charge in [-0.05, 0) is 17.7 Å². The van der Waals surface area contributed by atoms with Crippen molar-refractivity contribution in [3.8, 4) is 5.75 Å². The molecule has 80 valence electrons. The zero-order valence-corrected chi connectivity index (χ0v) is 8.88. The van der Waals surface area contributed by atoms with E-state index < -0.39 is 6.09 Å². The molecule has 15 heavy (non-hydrogen) atoms. The molecule has 1 heterocycles. The molecule has 1 atom stereocenters. The number of hydrogen-bond donors (Lipinski definition) is 1. The molecular formula is C10H10ClNO3. The smallest absolute Gasteiger partial charge is 0.407 e. The van der Waals surface area contributed by atoms with Gasteiger partial charge in [-0.2, -0.15) is 0 Å². The molecule has 0 aromatic heterocycles. The summed E-state index contributed by atoms with van der Waals surface area (Å²) in [6, 6.07) is 5.25. The summed E-state index contributed by atoms with van der Waals surface area (Å²) in [5, 5.41) is 3.23. The highest BCUT2D eigenvalue weighted by Crippen LogP contribution is 2.28. The van der Waals surface area contributed by atoms with Crippen LogP contribution in [0.15, 0.2) is 18.2 Å². The van der Waals surface area contributed by atoms with Gasteiger partial charge < -0.3 is 14.8 Å². The number of rotatable bonds is 2. The van der Waals surface area contributed by atoms with Gasteiger partial charge in [-0.1, -0.05) is 17.7 Å². The van der Waals surface area contributed by atoms with Crippen molar-refractivity contribution in [3.05, 3.63) is 28.8 Å². The summed E-state index contributed by atoms with van der Waals surface area (Å²) in [5.41, 5.74) is 0.919. The van der Waals surface area contributed by atoms with Crippen molar-refractivity contribution in [2.24, 2.45) is 0 Å². The van der Waals surface area contributed by atoms with Crippen molar-refractivity contribution in [2.45, 2.75) is 6.04 Å². The van der Waals surface area contributed by atoms with Crippen LogP contribution in [0.2, 0.25) is 5.02 Å². The summed E-state index contributed by atoms with van der Waals surface area (Å²) in [7, 11) is 1.55. The van der Waals surface area contributed by atoms with Crippen molar-refractivity contribution in [1.82, 2.24) is 5.32 Å². The first kappa shape index (κ1) is 10.1. The van der Waals surface area contributed by atoms with Gasteiger partial charge in [0.25, 0.3) is 0 Å². The minimum atomic E-state index is -0.395. The van der Waals surface area contributed by atoms with E-state index in [4.69, 9.17) is 21.1 Å². The Bertz CT molecular complexity index is 394. The Morgan fingerprint density at radius 2 is 2.40 bits per heavy atom. The number of alkyl carbamates (subject to hydrolysis) is 1. The van der Waals surface area contributed by atoms with Crippen LogP contribution in [0.25, 0.3) is 0 Å². The molecule has 1 aromatic rings. The van der Waals surface area contributed by atoms with Gasteiger partial charge in [0.2, 0.25) is 0 Å². The second kappa shape index (κ2) is 3.98. The lowest BCUT2D eigenvalue weighted by atomic mass is 10.1. The average Bonchev–Trinajstić information content (AvgIpc) is 2.66. The maximum absolute atomic E-state index is 10.9. The Balaban J connectivity index is 2.25. The lowest BCUT2D eigenvalue weighted by Crippen LogP contribution is -2.18. The zero-order chi connectivity index (χ0) is 10.8. The van der Waals surface area contributed by atoms with E-state index in [1.54, 1.807) is 19.2 Å². The molecule has 1 aliphatic rings. The van der Waals surface area contributed by atoms with Crippen LogP contribution in [0.1, 0.15) is 11.6 Å². The van der Waals surface area contributed by atoms with E-state index in [0.717, 1.165) is 5.56 Å². The Kier molecular flexibility index (Phi) is 2.68. The number of nitrogens with one attached hydrogen (secondary N) is 1. The van der Waals surface area contributed by atoms with Crippen LogP contribution in [0.5, 0.6) is 5.75 Å². The Labute approximate surface area is 92.1 Å². The molecule has 1 amide bonds. The minimum Gasteiger partial charge on any atom is -0.495 e. The van der Waals surface area contributed by atoms with Gasteiger partial charge in [0.05, 0.1) is 18.2 Å². The Hall–Kier alpha value is -1.42. The molecule has 1 aromatic carbocycles. The van der Waals surface area contributed by atoms with Crippen LogP contribution in [0.3, 0.4) is 0 Å². The highest BCUT2D eigenvalue weighted by atomic mass is 35.5. The van der Waals surface area contributed by atoms with E-state index in [2.05, 4.69) is 5.32 Å². The van der Waals surface area contributed by atoms with Crippen LogP contribution in [0.4, 0.5) is 4.79 Å². The molecule has 0 spiro atoms. The second-order valence-corrected chi connectivity index (χ2v) is 3.60. The van der Waals surface area contributed by atoms with E-state index in [1.807, 2.05) is 6.07 Å². The van der Waals surface area contributed by atoms with Crippen molar-refractivity contribution < 1.29 is 14.3 Å². The third-order valence-corrected chi connectivity index (χ3v) is 2.56. The average molecular weight is 228 g/mol. The summed E-state index contributed by atoms with van der Waals surface area (Å²) < 4.78 is 9.89. The first-order chi connectivity index (χ1) is 7.20. The van der Waals surface area contributed by atoms with Crippen LogP contribution in [-0.2, 0) is 4.74 Å². The molecule has 1 aliphatic heterocycles. The van der Waals surface area contributed by atoms with Gasteiger partial charge in [0.15, 0.2) is 0 Å². The van der Waals surface area contributed by atoms with Gasteiger partial charge in [0, 0.05) is 0 Å². The first-order valence-corrected chi connectivity index (χ1v) is 4.85. The summed E-state index contributed by atoms with van der Waals surface area (Å²) in [6.07, 6.45) is -0.395. The molecule has 1 fully saturated rings.